The monoisotopic (exact) mass is 1060 g/mol. The molecule has 3 aliphatic rings. The number of benzene rings is 2. The number of piperazine rings is 1. The molecular weight excluding hydrogens is 1000 g/mol. The Balaban J connectivity index is 1.15. The zero-order valence-electron chi connectivity index (χ0n) is 43.5. The Morgan fingerprint density at radius 3 is 1.96 bits per heavy atom. The van der Waals surface area contributed by atoms with Crippen LogP contribution in [-0.4, -0.2) is 150 Å². The summed E-state index contributed by atoms with van der Waals surface area (Å²) >= 11 is 0. The molecule has 1 aliphatic carbocycles. The highest BCUT2D eigenvalue weighted by Crippen LogP contribution is 2.41. The van der Waals surface area contributed by atoms with E-state index in [1.54, 1.807) is 68.2 Å². The SMILES string of the molecule is COC(=O)N[C@H](C(=O)NN(Cc1c(F)cc(-c2ccn(C3CC3)n2)cc1F)C[C@H](O)[C@H](Cc1ccc(C#Cc2ccc(N3CCN(C4COC4)CC3)nc2)cc1)NC(=O)[C@@H](NC(=O)OC)C(C)(C)C(F)(F)F)C(C)(C)C. The zero-order valence-corrected chi connectivity index (χ0v) is 43.5. The number of hydrazine groups is 1. The summed E-state index contributed by atoms with van der Waals surface area (Å²) in [7, 11) is 1.99. The van der Waals surface area contributed by atoms with Crippen LogP contribution >= 0.6 is 0 Å². The number of ether oxygens (including phenoxy) is 3. The second-order valence-corrected chi connectivity index (χ2v) is 20.9. The van der Waals surface area contributed by atoms with Gasteiger partial charge in [0.05, 0.1) is 62.8 Å². The standard InChI is InChI=1S/C53H65F5N10O8/c1-51(2,3)45(61-49(72)74-6)48(71)64-67(28-38-39(54)25-35(26-40(38)55)41-18-19-68(63-41)36-15-16-36)29-43(69)42(60-47(70)46(62-50(73)75-7)52(4,5)53(56,57)58)24-33-11-8-32(9-12-33)10-13-34-14-17-44(59-27-34)66-22-20-65(21-23-66)37-30-76-31-37/h8-9,11-12,14,17-19,25-27,36-37,42-43,45-46,69H,15-16,20-24,28-31H2,1-7H3,(H,60,70)(H,61,72)(H,62,73)(H,64,71)/t42-,43-,45+,46+/m0/s1. The Morgan fingerprint density at radius 2 is 1.42 bits per heavy atom. The van der Waals surface area contributed by atoms with Gasteiger partial charge in [0.1, 0.15) is 29.5 Å². The van der Waals surface area contributed by atoms with E-state index in [1.165, 1.54) is 0 Å². The van der Waals surface area contributed by atoms with Gasteiger partial charge in [0.15, 0.2) is 0 Å². The van der Waals surface area contributed by atoms with Crippen LogP contribution in [0.15, 0.2) is 67.0 Å². The van der Waals surface area contributed by atoms with Gasteiger partial charge in [-0.05, 0) is 86.6 Å². The minimum Gasteiger partial charge on any atom is -0.453 e. The third kappa shape index (κ3) is 14.3. The number of amides is 4. The Labute approximate surface area is 438 Å². The van der Waals surface area contributed by atoms with E-state index in [-0.39, 0.29) is 18.0 Å². The number of pyridine rings is 1. The van der Waals surface area contributed by atoms with Crippen molar-refractivity contribution in [1.82, 2.24) is 46.0 Å². The first-order chi connectivity index (χ1) is 35.9. The van der Waals surface area contributed by atoms with Crippen LogP contribution in [0.2, 0.25) is 0 Å². The topological polar surface area (TPSA) is 205 Å². The maximum absolute atomic E-state index is 16.2. The molecule has 5 N–H and O–H groups in total. The lowest BCUT2D eigenvalue weighted by Crippen LogP contribution is -2.63. The summed E-state index contributed by atoms with van der Waals surface area (Å²) in [5.41, 5.74) is 0.206. The predicted octanol–water partition coefficient (Wildman–Crippen LogP) is 5.48. The van der Waals surface area contributed by atoms with Crippen molar-refractivity contribution in [1.29, 1.82) is 0 Å². The number of rotatable bonds is 18. The lowest BCUT2D eigenvalue weighted by Gasteiger charge is -2.42. The fourth-order valence-electron chi connectivity index (χ4n) is 8.69. The molecule has 0 radical (unpaired) electrons. The molecule has 76 heavy (non-hydrogen) atoms. The average Bonchev–Trinajstić information content (AvgIpc) is 4.10. The van der Waals surface area contributed by atoms with Crippen LogP contribution in [-0.2, 0) is 36.8 Å². The van der Waals surface area contributed by atoms with Gasteiger partial charge >= 0.3 is 18.4 Å². The minimum absolute atomic E-state index is 0.131. The number of aromatic nitrogens is 3. The van der Waals surface area contributed by atoms with E-state index in [9.17, 15) is 37.5 Å². The van der Waals surface area contributed by atoms with E-state index in [0.29, 0.717) is 42.3 Å². The molecule has 7 rings (SSSR count). The number of methoxy groups -OCH3 is 2. The maximum Gasteiger partial charge on any atom is 0.407 e. The van der Waals surface area contributed by atoms with Crippen LogP contribution in [0.4, 0.5) is 37.4 Å². The van der Waals surface area contributed by atoms with Crippen molar-refractivity contribution < 1.29 is 60.4 Å². The van der Waals surface area contributed by atoms with Crippen molar-refractivity contribution in [3.8, 4) is 23.1 Å². The number of nitrogens with one attached hydrogen (secondary N) is 4. The van der Waals surface area contributed by atoms with Crippen LogP contribution in [0, 0.1) is 34.3 Å². The molecule has 4 aromatic rings. The summed E-state index contributed by atoms with van der Waals surface area (Å²) in [5.74, 6) is 2.66. The predicted molar refractivity (Wildman–Crippen MR) is 269 cm³/mol. The molecule has 0 unspecified atom stereocenters. The molecule has 2 saturated heterocycles. The number of alkyl halides is 3. The van der Waals surface area contributed by atoms with Crippen LogP contribution < -0.4 is 26.3 Å². The Hall–Kier alpha value is -6.87. The van der Waals surface area contributed by atoms with E-state index in [4.69, 9.17) is 9.47 Å². The number of anilines is 1. The second kappa shape index (κ2) is 24.0. The van der Waals surface area contributed by atoms with Crippen molar-refractivity contribution >= 4 is 29.8 Å². The third-order valence-electron chi connectivity index (χ3n) is 13.8. The van der Waals surface area contributed by atoms with Crippen molar-refractivity contribution in [3.05, 3.63) is 101 Å². The van der Waals surface area contributed by atoms with Crippen molar-refractivity contribution in [2.24, 2.45) is 10.8 Å². The van der Waals surface area contributed by atoms with Crippen LogP contribution in [0.3, 0.4) is 0 Å². The van der Waals surface area contributed by atoms with Crippen molar-refractivity contribution in [2.75, 3.05) is 65.1 Å². The Morgan fingerprint density at radius 1 is 0.816 bits per heavy atom. The average molecular weight is 1070 g/mol. The van der Waals surface area contributed by atoms with Crippen molar-refractivity contribution in [3.63, 3.8) is 0 Å². The van der Waals surface area contributed by atoms with Gasteiger partial charge in [0.25, 0.3) is 5.91 Å². The van der Waals surface area contributed by atoms with E-state index in [2.05, 4.69) is 52.5 Å². The highest BCUT2D eigenvalue weighted by atomic mass is 19.4. The second-order valence-electron chi connectivity index (χ2n) is 20.9. The van der Waals surface area contributed by atoms with E-state index < -0.39 is 95.5 Å². The fraction of sp³-hybridized carbons (Fsp3) is 0.509. The molecule has 2 aromatic carbocycles. The molecule has 4 heterocycles. The van der Waals surface area contributed by atoms with Gasteiger partial charge in [-0.1, -0.05) is 44.7 Å². The first kappa shape index (κ1) is 56.8. The summed E-state index contributed by atoms with van der Waals surface area (Å²) in [6.45, 7) is 9.86. The quantitative estimate of drug-likeness (QED) is 0.0477. The highest BCUT2D eigenvalue weighted by Gasteiger charge is 2.56. The number of aliphatic hydroxyl groups is 1. The molecule has 0 bridgehead atoms. The fourth-order valence-corrected chi connectivity index (χ4v) is 8.69. The molecule has 410 valence electrons. The van der Waals surface area contributed by atoms with Gasteiger partial charge in [0, 0.05) is 73.9 Å². The number of aliphatic hydroxyl groups excluding tert-OH is 1. The Kier molecular flexibility index (Phi) is 17.9. The number of alkyl carbamates (subject to hydrolysis) is 2. The molecule has 23 heteroatoms. The zero-order chi connectivity index (χ0) is 55.1. The number of carbonyl (C=O) groups is 4. The lowest BCUT2D eigenvalue weighted by molar-refractivity contribution is -0.220. The number of hydrogen-bond acceptors (Lipinski definition) is 13. The molecule has 18 nitrogen and oxygen atoms in total. The molecule has 4 amide bonds. The maximum atomic E-state index is 16.2. The molecule has 3 fully saturated rings. The van der Waals surface area contributed by atoms with E-state index >= 15 is 8.78 Å². The van der Waals surface area contributed by atoms with E-state index in [1.807, 2.05) is 17.4 Å². The summed E-state index contributed by atoms with van der Waals surface area (Å²) in [6.07, 6.45) is -4.23. The number of halogens is 5. The number of carbonyl (C=O) groups excluding carboxylic acids is 4. The molecule has 1 saturated carbocycles. The number of hydrogen-bond donors (Lipinski definition) is 5. The molecule has 4 atom stereocenters. The van der Waals surface area contributed by atoms with Gasteiger partial charge in [-0.15, -0.1) is 0 Å². The van der Waals surface area contributed by atoms with Crippen molar-refractivity contribution in [2.45, 2.75) is 103 Å². The van der Waals surface area contributed by atoms with Gasteiger partial charge < -0.3 is 40.2 Å². The summed E-state index contributed by atoms with van der Waals surface area (Å²) < 4.78 is 92.4. The summed E-state index contributed by atoms with van der Waals surface area (Å²) in [5, 5.41) is 24.5. The van der Waals surface area contributed by atoms with Gasteiger partial charge in [-0.3, -0.25) is 24.6 Å². The molecule has 2 aliphatic heterocycles. The first-order valence-electron chi connectivity index (χ1n) is 24.9. The highest BCUT2D eigenvalue weighted by molar-refractivity contribution is 5.87. The third-order valence-corrected chi connectivity index (χ3v) is 13.8. The smallest absolute Gasteiger partial charge is 0.407 e. The molecule has 0 spiro atoms. The van der Waals surface area contributed by atoms with Gasteiger partial charge in [-0.2, -0.15) is 18.3 Å². The minimum atomic E-state index is -5.05. The first-order valence-corrected chi connectivity index (χ1v) is 24.9. The van der Waals surface area contributed by atoms with Gasteiger partial charge in [-0.25, -0.2) is 28.4 Å². The lowest BCUT2D eigenvalue weighted by atomic mass is 9.82. The Bertz CT molecular complexity index is 2720. The summed E-state index contributed by atoms with van der Waals surface area (Å²) in [4.78, 5) is 62.4. The van der Waals surface area contributed by atoms with Crippen LogP contribution in [0.5, 0.6) is 0 Å². The molecule has 2 aromatic heterocycles. The largest absolute Gasteiger partial charge is 0.453 e. The van der Waals surface area contributed by atoms with Gasteiger partial charge in [0.2, 0.25) is 5.91 Å². The van der Waals surface area contributed by atoms with Crippen LogP contribution in [0.25, 0.3) is 11.3 Å². The number of nitrogens with zero attached hydrogens (tertiary/aromatic N) is 6. The van der Waals surface area contributed by atoms with Crippen LogP contribution in [0.1, 0.15) is 75.8 Å². The van der Waals surface area contributed by atoms with E-state index in [0.717, 1.165) is 89.4 Å². The molecular formula is C53H65F5N10O8. The normalized spacial score (nSPS) is 17.1. The summed E-state index contributed by atoms with van der Waals surface area (Å²) in [6, 6.07) is 9.66.